The lowest BCUT2D eigenvalue weighted by molar-refractivity contribution is -0.137. The molecule has 0 fully saturated rings. The molecule has 0 atom stereocenters. The maximum absolute atomic E-state index is 12.2. The van der Waals surface area contributed by atoms with E-state index in [9.17, 15) is 18.0 Å². The number of hydrogen-bond acceptors (Lipinski definition) is 2. The van der Waals surface area contributed by atoms with Crippen molar-refractivity contribution < 1.29 is 18.0 Å². The van der Waals surface area contributed by atoms with E-state index >= 15 is 0 Å². The topological polar surface area (TPSA) is 42.0 Å². The fraction of sp³-hybridized carbons (Fsp3) is 0.250. The number of alkyl halides is 3. The SMILES string of the molecule is CC(=O)NCc1ccc(C(F)(F)F)cc1.Cc1ccccn1. The molecule has 0 unspecified atom stereocenters. The van der Waals surface area contributed by atoms with E-state index in [0.717, 1.165) is 17.8 Å². The minimum atomic E-state index is -4.31. The Balaban J connectivity index is 0.000000287. The van der Waals surface area contributed by atoms with E-state index in [0.29, 0.717) is 5.56 Å². The number of halogens is 3. The van der Waals surface area contributed by atoms with Gasteiger partial charge in [-0.1, -0.05) is 18.2 Å². The van der Waals surface area contributed by atoms with E-state index in [1.54, 1.807) is 6.20 Å². The van der Waals surface area contributed by atoms with Gasteiger partial charge < -0.3 is 5.32 Å². The van der Waals surface area contributed by atoms with Crippen molar-refractivity contribution in [1.29, 1.82) is 0 Å². The first-order chi connectivity index (χ1) is 10.3. The summed E-state index contributed by atoms with van der Waals surface area (Å²) in [5.41, 5.74) is 1.02. The first-order valence-electron chi connectivity index (χ1n) is 6.57. The molecule has 1 heterocycles. The highest BCUT2D eigenvalue weighted by molar-refractivity contribution is 5.72. The number of nitrogens with zero attached hydrogens (tertiary/aromatic N) is 1. The second kappa shape index (κ2) is 8.17. The van der Waals surface area contributed by atoms with Crippen molar-refractivity contribution in [3.8, 4) is 0 Å². The van der Waals surface area contributed by atoms with E-state index in [1.807, 2.05) is 25.1 Å². The molecular weight excluding hydrogens is 293 g/mol. The van der Waals surface area contributed by atoms with Crippen LogP contribution >= 0.6 is 0 Å². The third kappa shape index (κ3) is 6.88. The Labute approximate surface area is 127 Å². The number of pyridine rings is 1. The van der Waals surface area contributed by atoms with Crippen LogP contribution in [-0.4, -0.2) is 10.9 Å². The zero-order chi connectivity index (χ0) is 16.6. The second-order valence-electron chi connectivity index (χ2n) is 4.58. The number of carbonyl (C=O) groups excluding carboxylic acids is 1. The minimum absolute atomic E-state index is 0.213. The van der Waals surface area contributed by atoms with E-state index in [1.165, 1.54) is 19.1 Å². The van der Waals surface area contributed by atoms with Crippen LogP contribution in [0.2, 0.25) is 0 Å². The molecule has 3 nitrogen and oxygen atoms in total. The summed E-state index contributed by atoms with van der Waals surface area (Å²) in [6.07, 6.45) is -2.53. The molecule has 118 valence electrons. The highest BCUT2D eigenvalue weighted by Crippen LogP contribution is 2.28. The van der Waals surface area contributed by atoms with Crippen molar-refractivity contribution in [2.45, 2.75) is 26.6 Å². The van der Waals surface area contributed by atoms with E-state index < -0.39 is 11.7 Å². The molecule has 6 heteroatoms. The highest BCUT2D eigenvalue weighted by atomic mass is 19.4. The highest BCUT2D eigenvalue weighted by Gasteiger charge is 2.29. The third-order valence-corrected chi connectivity index (χ3v) is 2.64. The number of rotatable bonds is 2. The van der Waals surface area contributed by atoms with Gasteiger partial charge in [-0.3, -0.25) is 9.78 Å². The molecule has 0 aliphatic heterocycles. The lowest BCUT2D eigenvalue weighted by Crippen LogP contribution is -2.18. The summed E-state index contributed by atoms with van der Waals surface area (Å²) in [4.78, 5) is 14.5. The van der Waals surface area contributed by atoms with Crippen LogP contribution in [0.25, 0.3) is 0 Å². The fourth-order valence-electron chi connectivity index (χ4n) is 1.49. The van der Waals surface area contributed by atoms with Gasteiger partial charge in [0.05, 0.1) is 5.56 Å². The van der Waals surface area contributed by atoms with Gasteiger partial charge in [0, 0.05) is 25.4 Å². The number of nitrogens with one attached hydrogen (secondary N) is 1. The fourth-order valence-corrected chi connectivity index (χ4v) is 1.49. The molecule has 0 spiro atoms. The number of aromatic nitrogens is 1. The van der Waals surface area contributed by atoms with Gasteiger partial charge in [-0.15, -0.1) is 0 Å². The summed E-state index contributed by atoms with van der Waals surface area (Å²) in [7, 11) is 0. The predicted molar refractivity (Wildman–Crippen MR) is 77.9 cm³/mol. The van der Waals surface area contributed by atoms with Crippen molar-refractivity contribution in [3.05, 3.63) is 65.5 Å². The lowest BCUT2D eigenvalue weighted by Gasteiger charge is -2.07. The normalized spacial score (nSPS) is 10.4. The molecule has 0 aliphatic rings. The van der Waals surface area contributed by atoms with Gasteiger partial charge in [0.25, 0.3) is 0 Å². The van der Waals surface area contributed by atoms with Crippen molar-refractivity contribution in [3.63, 3.8) is 0 Å². The molecule has 2 rings (SSSR count). The van der Waals surface area contributed by atoms with Crippen molar-refractivity contribution in [2.24, 2.45) is 0 Å². The monoisotopic (exact) mass is 310 g/mol. The number of amides is 1. The Kier molecular flexibility index (Phi) is 6.56. The van der Waals surface area contributed by atoms with Crippen LogP contribution in [0.4, 0.5) is 13.2 Å². The standard InChI is InChI=1S/C10H10F3NO.C6H7N/c1-7(15)14-6-8-2-4-9(5-3-8)10(11,12)13;1-6-4-2-3-5-7-6/h2-5H,6H2,1H3,(H,14,15);2-5H,1H3. The zero-order valence-corrected chi connectivity index (χ0v) is 12.3. The van der Waals surface area contributed by atoms with Crippen LogP contribution in [0.3, 0.4) is 0 Å². The minimum Gasteiger partial charge on any atom is -0.352 e. The molecule has 0 bridgehead atoms. The Bertz CT molecular complexity index is 581. The maximum atomic E-state index is 12.2. The van der Waals surface area contributed by atoms with Crippen LogP contribution in [0.1, 0.15) is 23.7 Å². The summed E-state index contributed by atoms with van der Waals surface area (Å²) < 4.78 is 36.5. The molecule has 0 aliphatic carbocycles. The Hall–Kier alpha value is -2.37. The van der Waals surface area contributed by atoms with Gasteiger partial charge >= 0.3 is 6.18 Å². The van der Waals surface area contributed by atoms with Crippen molar-refractivity contribution in [1.82, 2.24) is 10.3 Å². The van der Waals surface area contributed by atoms with Gasteiger partial charge in [0.2, 0.25) is 5.91 Å². The average molecular weight is 310 g/mol. The number of aryl methyl sites for hydroxylation is 1. The van der Waals surface area contributed by atoms with E-state index in [2.05, 4.69) is 10.3 Å². The molecule has 1 aromatic carbocycles. The molecule has 0 saturated carbocycles. The smallest absolute Gasteiger partial charge is 0.352 e. The van der Waals surface area contributed by atoms with Crippen LogP contribution < -0.4 is 5.32 Å². The molecular formula is C16H17F3N2O. The Morgan fingerprint density at radius 3 is 2.14 bits per heavy atom. The number of carbonyl (C=O) groups is 1. The summed E-state index contributed by atoms with van der Waals surface area (Å²) >= 11 is 0. The van der Waals surface area contributed by atoms with Crippen LogP contribution in [-0.2, 0) is 17.5 Å². The predicted octanol–water partition coefficient (Wildman–Crippen LogP) is 3.73. The summed E-state index contributed by atoms with van der Waals surface area (Å²) in [5, 5.41) is 2.50. The van der Waals surface area contributed by atoms with Crippen molar-refractivity contribution >= 4 is 5.91 Å². The zero-order valence-electron chi connectivity index (χ0n) is 12.3. The second-order valence-corrected chi connectivity index (χ2v) is 4.58. The number of benzene rings is 1. The molecule has 22 heavy (non-hydrogen) atoms. The first kappa shape index (κ1) is 17.7. The molecule has 0 radical (unpaired) electrons. The molecule has 2 aromatic rings. The van der Waals surface area contributed by atoms with E-state index in [4.69, 9.17) is 0 Å². The molecule has 1 aromatic heterocycles. The Morgan fingerprint density at radius 2 is 1.77 bits per heavy atom. The van der Waals surface area contributed by atoms with Gasteiger partial charge in [-0.2, -0.15) is 13.2 Å². The summed E-state index contributed by atoms with van der Waals surface area (Å²) in [5.74, 6) is -0.213. The van der Waals surface area contributed by atoms with Gasteiger partial charge in [0.1, 0.15) is 0 Å². The van der Waals surface area contributed by atoms with E-state index in [-0.39, 0.29) is 12.5 Å². The van der Waals surface area contributed by atoms with Crippen molar-refractivity contribution in [2.75, 3.05) is 0 Å². The maximum Gasteiger partial charge on any atom is 0.416 e. The summed E-state index contributed by atoms with van der Waals surface area (Å²) in [6.45, 7) is 3.57. The average Bonchev–Trinajstić information content (AvgIpc) is 2.46. The first-order valence-corrected chi connectivity index (χ1v) is 6.57. The largest absolute Gasteiger partial charge is 0.416 e. The molecule has 0 saturated heterocycles. The summed E-state index contributed by atoms with van der Waals surface area (Å²) in [6, 6.07) is 10.5. The van der Waals surface area contributed by atoms with Crippen LogP contribution in [0, 0.1) is 6.92 Å². The Morgan fingerprint density at radius 1 is 1.14 bits per heavy atom. The van der Waals surface area contributed by atoms with Gasteiger partial charge in [-0.25, -0.2) is 0 Å². The van der Waals surface area contributed by atoms with Gasteiger partial charge in [0.15, 0.2) is 0 Å². The lowest BCUT2D eigenvalue weighted by atomic mass is 10.1. The van der Waals surface area contributed by atoms with Crippen LogP contribution in [0.15, 0.2) is 48.7 Å². The third-order valence-electron chi connectivity index (χ3n) is 2.64. The molecule has 1 N–H and O–H groups in total. The number of hydrogen-bond donors (Lipinski definition) is 1. The molecule has 1 amide bonds. The quantitative estimate of drug-likeness (QED) is 0.918. The van der Waals surface area contributed by atoms with Crippen LogP contribution in [0.5, 0.6) is 0 Å². The van der Waals surface area contributed by atoms with Gasteiger partial charge in [-0.05, 0) is 36.8 Å².